The van der Waals surface area contributed by atoms with E-state index >= 15 is 0 Å². The maximum atomic E-state index is 12.3. The van der Waals surface area contributed by atoms with E-state index in [-0.39, 0.29) is 6.04 Å². The number of rotatable bonds is 5. The summed E-state index contributed by atoms with van der Waals surface area (Å²) in [6.07, 6.45) is 0.625. The molecule has 0 aliphatic carbocycles. The fourth-order valence-corrected chi connectivity index (χ4v) is 2.47. The highest BCUT2D eigenvalue weighted by Gasteiger charge is 2.46. The first kappa shape index (κ1) is 16.0. The Bertz CT molecular complexity index is 509. The summed E-state index contributed by atoms with van der Waals surface area (Å²) in [5.74, 6) is 0. The van der Waals surface area contributed by atoms with Crippen LogP contribution in [-0.2, 0) is 16.3 Å². The number of hydrogen-bond donors (Lipinski definition) is 1. The van der Waals surface area contributed by atoms with Gasteiger partial charge in [-0.25, -0.2) is 8.42 Å². The third-order valence-electron chi connectivity index (χ3n) is 2.63. The Morgan fingerprint density at radius 2 is 1.74 bits per heavy atom. The number of nitrogens with one attached hydrogen (secondary N) is 1. The summed E-state index contributed by atoms with van der Waals surface area (Å²) in [4.78, 5) is -0.722. The highest BCUT2D eigenvalue weighted by Crippen LogP contribution is 2.30. The van der Waals surface area contributed by atoms with Crippen LogP contribution in [0.25, 0.3) is 0 Å². The molecule has 7 heteroatoms. The van der Waals surface area contributed by atoms with E-state index in [2.05, 4.69) is 5.32 Å². The summed E-state index contributed by atoms with van der Waals surface area (Å²) >= 11 is 0. The second-order valence-electron chi connectivity index (χ2n) is 4.26. The van der Waals surface area contributed by atoms with Crippen molar-refractivity contribution in [3.05, 3.63) is 29.8 Å². The van der Waals surface area contributed by atoms with Gasteiger partial charge < -0.3 is 5.32 Å². The van der Waals surface area contributed by atoms with E-state index in [9.17, 15) is 21.6 Å². The molecule has 0 aliphatic heterocycles. The first-order chi connectivity index (χ1) is 8.68. The Kier molecular flexibility index (Phi) is 4.98. The zero-order valence-corrected chi connectivity index (χ0v) is 11.5. The smallest absolute Gasteiger partial charge is 0.314 e. The van der Waals surface area contributed by atoms with Gasteiger partial charge in [-0.15, -0.1) is 0 Å². The molecule has 0 radical (unpaired) electrons. The molecule has 0 amide bonds. The van der Waals surface area contributed by atoms with Crippen molar-refractivity contribution in [2.24, 2.45) is 0 Å². The van der Waals surface area contributed by atoms with E-state index in [1.807, 2.05) is 13.8 Å². The van der Waals surface area contributed by atoms with Gasteiger partial charge in [-0.1, -0.05) is 19.1 Å². The highest BCUT2D eigenvalue weighted by molar-refractivity contribution is 7.92. The van der Waals surface area contributed by atoms with Crippen molar-refractivity contribution in [2.45, 2.75) is 36.7 Å². The van der Waals surface area contributed by atoms with Gasteiger partial charge in [0.05, 0.1) is 4.90 Å². The second-order valence-corrected chi connectivity index (χ2v) is 6.20. The third-order valence-corrected chi connectivity index (χ3v) is 4.14. The minimum absolute atomic E-state index is 0.176. The van der Waals surface area contributed by atoms with Crippen LogP contribution in [0.3, 0.4) is 0 Å². The summed E-state index contributed by atoms with van der Waals surface area (Å²) in [7, 11) is -5.25. The first-order valence-corrected chi connectivity index (χ1v) is 7.30. The normalized spacial score (nSPS) is 14.4. The van der Waals surface area contributed by atoms with E-state index in [4.69, 9.17) is 0 Å². The average Bonchev–Trinajstić information content (AvgIpc) is 2.28. The van der Waals surface area contributed by atoms with Crippen molar-refractivity contribution in [1.82, 2.24) is 5.32 Å². The van der Waals surface area contributed by atoms with Crippen LogP contribution in [0.4, 0.5) is 13.2 Å². The summed E-state index contributed by atoms with van der Waals surface area (Å²) in [5.41, 5.74) is -4.47. The standard InChI is InChI=1S/C12H16F3NO2S/c1-3-16-9(2)8-10-4-6-11(7-5-10)19(17,18)12(13,14)15/h4-7,9,16H,3,8H2,1-2H3. The minimum Gasteiger partial charge on any atom is -0.314 e. The molecule has 0 fully saturated rings. The van der Waals surface area contributed by atoms with Crippen molar-refractivity contribution in [2.75, 3.05) is 6.54 Å². The predicted molar refractivity (Wildman–Crippen MR) is 66.5 cm³/mol. The van der Waals surface area contributed by atoms with Gasteiger partial charge in [0, 0.05) is 6.04 Å². The Labute approximate surface area is 110 Å². The van der Waals surface area contributed by atoms with E-state index in [0.717, 1.165) is 24.2 Å². The van der Waals surface area contributed by atoms with Crippen LogP contribution in [0.1, 0.15) is 19.4 Å². The van der Waals surface area contributed by atoms with Gasteiger partial charge in [-0.3, -0.25) is 0 Å². The quantitative estimate of drug-likeness (QED) is 0.908. The van der Waals surface area contributed by atoms with Gasteiger partial charge in [0.25, 0.3) is 9.84 Å². The lowest BCUT2D eigenvalue weighted by Crippen LogP contribution is -2.27. The summed E-state index contributed by atoms with van der Waals surface area (Å²) in [6.45, 7) is 4.70. The van der Waals surface area contributed by atoms with Gasteiger partial charge in [0.15, 0.2) is 0 Å². The molecule has 1 unspecified atom stereocenters. The van der Waals surface area contributed by atoms with Crippen molar-refractivity contribution in [3.8, 4) is 0 Å². The molecule has 0 spiro atoms. The fraction of sp³-hybridized carbons (Fsp3) is 0.500. The maximum absolute atomic E-state index is 12.3. The van der Waals surface area contributed by atoms with Crippen molar-refractivity contribution in [3.63, 3.8) is 0 Å². The number of hydrogen-bond acceptors (Lipinski definition) is 3. The number of benzene rings is 1. The lowest BCUT2D eigenvalue weighted by Gasteiger charge is -2.13. The zero-order chi connectivity index (χ0) is 14.7. The van der Waals surface area contributed by atoms with Crippen molar-refractivity contribution >= 4 is 9.84 Å². The van der Waals surface area contributed by atoms with E-state index in [0.29, 0.717) is 6.42 Å². The minimum atomic E-state index is -5.26. The number of sulfone groups is 1. The van der Waals surface area contributed by atoms with Gasteiger partial charge in [0.2, 0.25) is 0 Å². The lowest BCUT2D eigenvalue weighted by molar-refractivity contribution is -0.0436. The highest BCUT2D eigenvalue weighted by atomic mass is 32.2. The van der Waals surface area contributed by atoms with E-state index in [1.165, 1.54) is 12.1 Å². The van der Waals surface area contributed by atoms with Crippen molar-refractivity contribution < 1.29 is 21.6 Å². The van der Waals surface area contributed by atoms with Gasteiger partial charge >= 0.3 is 5.51 Å². The molecule has 1 aromatic rings. The van der Waals surface area contributed by atoms with E-state index < -0.39 is 20.2 Å². The summed E-state index contributed by atoms with van der Waals surface area (Å²) in [5, 5.41) is 3.16. The molecular formula is C12H16F3NO2S. The van der Waals surface area contributed by atoms with Gasteiger partial charge in [-0.05, 0) is 37.6 Å². The fourth-order valence-electron chi connectivity index (χ4n) is 1.71. The molecule has 1 rings (SSSR count). The molecule has 0 saturated heterocycles. The Hall–Kier alpha value is -1.08. The average molecular weight is 295 g/mol. The molecule has 19 heavy (non-hydrogen) atoms. The monoisotopic (exact) mass is 295 g/mol. The summed E-state index contributed by atoms with van der Waals surface area (Å²) in [6, 6.07) is 4.99. The molecule has 0 heterocycles. The molecule has 108 valence electrons. The number of likely N-dealkylation sites (N-methyl/N-ethyl adjacent to an activating group) is 1. The number of alkyl halides is 3. The maximum Gasteiger partial charge on any atom is 0.501 e. The zero-order valence-electron chi connectivity index (χ0n) is 10.7. The Morgan fingerprint density at radius 1 is 1.21 bits per heavy atom. The molecule has 0 aliphatic rings. The van der Waals surface area contributed by atoms with Crippen LogP contribution in [-0.4, -0.2) is 26.5 Å². The van der Waals surface area contributed by atoms with Gasteiger partial charge in [-0.2, -0.15) is 13.2 Å². The third kappa shape index (κ3) is 3.94. The Morgan fingerprint density at radius 3 is 2.16 bits per heavy atom. The summed E-state index contributed by atoms with van der Waals surface area (Å²) < 4.78 is 59.3. The first-order valence-electron chi connectivity index (χ1n) is 5.82. The molecular weight excluding hydrogens is 279 g/mol. The molecule has 0 aromatic heterocycles. The molecule has 0 bridgehead atoms. The predicted octanol–water partition coefficient (Wildman–Crippen LogP) is 2.52. The SMILES string of the molecule is CCNC(C)Cc1ccc(S(=O)(=O)C(F)(F)F)cc1. The van der Waals surface area contributed by atoms with Crippen LogP contribution in [0.5, 0.6) is 0 Å². The van der Waals surface area contributed by atoms with Gasteiger partial charge in [0.1, 0.15) is 0 Å². The van der Waals surface area contributed by atoms with Crippen LogP contribution in [0.15, 0.2) is 29.2 Å². The van der Waals surface area contributed by atoms with Crippen LogP contribution < -0.4 is 5.32 Å². The molecule has 1 aromatic carbocycles. The Balaban J connectivity index is 2.89. The topological polar surface area (TPSA) is 46.2 Å². The largest absolute Gasteiger partial charge is 0.501 e. The molecule has 1 atom stereocenters. The van der Waals surface area contributed by atoms with Crippen LogP contribution >= 0.6 is 0 Å². The molecule has 3 nitrogen and oxygen atoms in total. The number of halogens is 3. The van der Waals surface area contributed by atoms with Crippen LogP contribution in [0.2, 0.25) is 0 Å². The second kappa shape index (κ2) is 5.92. The molecule has 1 N–H and O–H groups in total. The lowest BCUT2D eigenvalue weighted by atomic mass is 10.1. The van der Waals surface area contributed by atoms with E-state index in [1.54, 1.807) is 0 Å². The van der Waals surface area contributed by atoms with Crippen LogP contribution in [0, 0.1) is 0 Å². The van der Waals surface area contributed by atoms with Crippen molar-refractivity contribution in [1.29, 1.82) is 0 Å². The molecule has 0 saturated carbocycles.